The molecule has 0 N–H and O–H groups in total. The average molecular weight is 263 g/mol. The Morgan fingerprint density at radius 2 is 1.40 bits per heavy atom. The number of piperidine rings is 1. The van der Waals surface area contributed by atoms with Gasteiger partial charge in [-0.3, -0.25) is 4.90 Å². The van der Waals surface area contributed by atoms with Gasteiger partial charge in [0.25, 0.3) is 0 Å². The molecule has 0 radical (unpaired) electrons. The van der Waals surface area contributed by atoms with Crippen LogP contribution in [0.4, 0.5) is 0 Å². The Hall–Kier alpha value is -1.60. The second kappa shape index (κ2) is 5.06. The molecule has 2 aromatic carbocycles. The van der Waals surface area contributed by atoms with Crippen LogP contribution < -0.4 is 0 Å². The van der Waals surface area contributed by atoms with E-state index in [2.05, 4.69) is 59.5 Å². The van der Waals surface area contributed by atoms with E-state index in [1.807, 2.05) is 0 Å². The minimum absolute atomic E-state index is 0.675. The molecular weight excluding hydrogens is 242 g/mol. The van der Waals surface area contributed by atoms with Crippen molar-refractivity contribution in [3.63, 3.8) is 0 Å². The smallest absolute Gasteiger partial charge is 0.0357 e. The van der Waals surface area contributed by atoms with Crippen LogP contribution in [0.1, 0.15) is 48.0 Å². The third-order valence-electron chi connectivity index (χ3n) is 4.97. The normalized spacial score (nSPS) is 24.6. The fourth-order valence-corrected chi connectivity index (χ4v) is 4.05. The van der Waals surface area contributed by atoms with E-state index in [4.69, 9.17) is 0 Å². The number of hydrogen-bond donors (Lipinski definition) is 0. The molecule has 1 nitrogen and oxygen atoms in total. The number of fused-ring (bicyclic) bond motifs is 5. The minimum Gasteiger partial charge on any atom is -0.289 e. The lowest BCUT2D eigenvalue weighted by Crippen LogP contribution is -2.31. The Bertz CT molecular complexity index is 559. The summed E-state index contributed by atoms with van der Waals surface area (Å²) in [6.45, 7) is 1.19. The fourth-order valence-electron chi connectivity index (χ4n) is 4.05. The number of benzene rings is 2. The first kappa shape index (κ1) is 12.2. The van der Waals surface area contributed by atoms with E-state index in [1.165, 1.54) is 37.8 Å². The molecule has 0 aliphatic carbocycles. The second-order valence-corrected chi connectivity index (χ2v) is 6.06. The van der Waals surface area contributed by atoms with Crippen molar-refractivity contribution < 1.29 is 0 Å². The third-order valence-corrected chi connectivity index (χ3v) is 4.97. The van der Waals surface area contributed by atoms with E-state index in [-0.39, 0.29) is 0 Å². The Kier molecular flexibility index (Phi) is 3.08. The predicted octanol–water partition coefficient (Wildman–Crippen LogP) is 4.51. The van der Waals surface area contributed by atoms with Gasteiger partial charge in [-0.05, 0) is 42.4 Å². The first-order chi connectivity index (χ1) is 9.93. The highest BCUT2D eigenvalue weighted by atomic mass is 15.2. The van der Waals surface area contributed by atoms with Crippen molar-refractivity contribution in [2.45, 2.75) is 37.8 Å². The van der Waals surface area contributed by atoms with Crippen LogP contribution in [-0.4, -0.2) is 11.4 Å². The Labute approximate surface area is 121 Å². The number of rotatable bonds is 3. The average Bonchev–Trinajstić information content (AvgIpc) is 2.69. The molecule has 2 aliphatic heterocycles. The van der Waals surface area contributed by atoms with Gasteiger partial charge in [0.05, 0.1) is 0 Å². The van der Waals surface area contributed by atoms with E-state index in [0.29, 0.717) is 12.1 Å². The largest absolute Gasteiger partial charge is 0.289 e. The van der Waals surface area contributed by atoms with Gasteiger partial charge in [-0.15, -0.1) is 0 Å². The van der Waals surface area contributed by atoms with Gasteiger partial charge in [0.2, 0.25) is 0 Å². The van der Waals surface area contributed by atoms with E-state index < -0.39 is 0 Å². The van der Waals surface area contributed by atoms with Crippen molar-refractivity contribution in [3.8, 4) is 0 Å². The van der Waals surface area contributed by atoms with Crippen LogP contribution in [0.5, 0.6) is 0 Å². The number of nitrogens with zero attached hydrogens (tertiary/aromatic N) is 1. The molecular formula is C19H21N. The van der Waals surface area contributed by atoms with Crippen LogP contribution in [0, 0.1) is 0 Å². The van der Waals surface area contributed by atoms with Crippen LogP contribution in [0.25, 0.3) is 0 Å². The highest BCUT2D eigenvalue weighted by Gasteiger charge is 2.40. The molecule has 4 rings (SSSR count). The molecule has 1 fully saturated rings. The second-order valence-electron chi connectivity index (χ2n) is 6.06. The predicted molar refractivity (Wildman–Crippen MR) is 82.6 cm³/mol. The van der Waals surface area contributed by atoms with Crippen molar-refractivity contribution in [3.05, 3.63) is 71.3 Å². The highest BCUT2D eigenvalue weighted by Crippen LogP contribution is 2.50. The monoisotopic (exact) mass is 263 g/mol. The zero-order valence-corrected chi connectivity index (χ0v) is 11.8. The van der Waals surface area contributed by atoms with Gasteiger partial charge in [0.15, 0.2) is 0 Å². The third kappa shape index (κ3) is 1.97. The van der Waals surface area contributed by atoms with Gasteiger partial charge in [-0.25, -0.2) is 0 Å². The molecule has 2 aromatic rings. The molecule has 2 bridgehead atoms. The van der Waals surface area contributed by atoms with Crippen molar-refractivity contribution in [1.82, 2.24) is 4.90 Å². The summed E-state index contributed by atoms with van der Waals surface area (Å²) in [5.41, 5.74) is 4.66. The molecule has 20 heavy (non-hydrogen) atoms. The fraction of sp³-hybridized carbons (Fsp3) is 0.368. The zero-order valence-electron chi connectivity index (χ0n) is 11.8. The molecule has 1 heteroatoms. The summed E-state index contributed by atoms with van der Waals surface area (Å²) < 4.78 is 0. The van der Waals surface area contributed by atoms with Gasteiger partial charge in [0, 0.05) is 18.6 Å². The van der Waals surface area contributed by atoms with Crippen molar-refractivity contribution in [2.75, 3.05) is 6.54 Å². The summed E-state index contributed by atoms with van der Waals surface area (Å²) in [7, 11) is 0. The maximum Gasteiger partial charge on any atom is 0.0357 e. The van der Waals surface area contributed by atoms with E-state index in [9.17, 15) is 0 Å². The molecule has 0 spiro atoms. The summed E-state index contributed by atoms with van der Waals surface area (Å²) in [5, 5.41) is 0. The van der Waals surface area contributed by atoms with Crippen LogP contribution in [-0.2, 0) is 6.42 Å². The Morgan fingerprint density at radius 1 is 0.800 bits per heavy atom. The molecule has 2 unspecified atom stereocenters. The lowest BCUT2D eigenvalue weighted by Gasteiger charge is -2.35. The summed E-state index contributed by atoms with van der Waals surface area (Å²) in [4.78, 5) is 2.75. The van der Waals surface area contributed by atoms with Crippen LogP contribution in [0.15, 0.2) is 54.6 Å². The first-order valence-corrected chi connectivity index (χ1v) is 7.82. The molecule has 2 heterocycles. The maximum absolute atomic E-state index is 2.75. The lowest BCUT2D eigenvalue weighted by molar-refractivity contribution is 0.111. The minimum atomic E-state index is 0.675. The van der Waals surface area contributed by atoms with Crippen LogP contribution >= 0.6 is 0 Å². The molecule has 0 aromatic heterocycles. The molecule has 102 valence electrons. The Morgan fingerprint density at radius 3 is 2.05 bits per heavy atom. The van der Waals surface area contributed by atoms with Gasteiger partial charge < -0.3 is 0 Å². The maximum atomic E-state index is 2.75. The van der Waals surface area contributed by atoms with Crippen LogP contribution in [0.2, 0.25) is 0 Å². The summed E-state index contributed by atoms with van der Waals surface area (Å²) in [6.07, 6.45) is 5.22. The van der Waals surface area contributed by atoms with Crippen molar-refractivity contribution >= 4 is 0 Å². The molecule has 1 saturated heterocycles. The quantitative estimate of drug-likeness (QED) is 0.787. The molecule has 0 saturated carbocycles. The summed E-state index contributed by atoms with van der Waals surface area (Å²) in [6, 6.07) is 21.3. The van der Waals surface area contributed by atoms with E-state index in [0.717, 1.165) is 0 Å². The van der Waals surface area contributed by atoms with Gasteiger partial charge in [-0.1, -0.05) is 54.6 Å². The van der Waals surface area contributed by atoms with Gasteiger partial charge >= 0.3 is 0 Å². The van der Waals surface area contributed by atoms with Gasteiger partial charge in [-0.2, -0.15) is 0 Å². The molecule has 2 aliphatic rings. The standard InChI is InChI=1S/C19H21N/c1-2-7-15(8-3-1)13-14-20-18-11-6-12-19(20)17-10-5-4-9-16(17)18/h1-5,7-10,18-19H,6,11-14H2. The SMILES string of the molecule is c1ccc(CCN2C3CCCC2c2ccccc23)cc1. The number of hydrogen-bond acceptors (Lipinski definition) is 1. The van der Waals surface area contributed by atoms with E-state index in [1.54, 1.807) is 11.1 Å². The van der Waals surface area contributed by atoms with Crippen LogP contribution in [0.3, 0.4) is 0 Å². The lowest BCUT2D eigenvalue weighted by atomic mass is 9.99. The summed E-state index contributed by atoms with van der Waals surface area (Å²) >= 11 is 0. The molecule has 0 amide bonds. The van der Waals surface area contributed by atoms with E-state index >= 15 is 0 Å². The van der Waals surface area contributed by atoms with Crippen molar-refractivity contribution in [2.24, 2.45) is 0 Å². The van der Waals surface area contributed by atoms with Gasteiger partial charge in [0.1, 0.15) is 0 Å². The topological polar surface area (TPSA) is 3.24 Å². The first-order valence-electron chi connectivity index (χ1n) is 7.82. The highest BCUT2D eigenvalue weighted by molar-refractivity contribution is 5.38. The van der Waals surface area contributed by atoms with Crippen molar-refractivity contribution in [1.29, 1.82) is 0 Å². The zero-order chi connectivity index (χ0) is 13.4. The molecule has 2 atom stereocenters. The summed E-state index contributed by atoms with van der Waals surface area (Å²) in [5.74, 6) is 0. The Balaban J connectivity index is 1.56.